The minimum Gasteiger partial charge on any atom is -0.393 e. The van der Waals surface area contributed by atoms with Crippen LogP contribution in [0.1, 0.15) is 36.0 Å². The number of carbonyl (C=O) groups excluding carboxylic acids is 1. The average molecular weight is 237 g/mol. The normalized spacial score (nSPS) is 24.4. The molecule has 1 aliphatic rings. The van der Waals surface area contributed by atoms with E-state index in [2.05, 4.69) is 5.32 Å². The van der Waals surface area contributed by atoms with Crippen LogP contribution < -0.4 is 5.32 Å². The molecule has 2 rings (SSSR count). The van der Waals surface area contributed by atoms with Gasteiger partial charge in [0.15, 0.2) is 0 Å². The zero-order valence-electron chi connectivity index (χ0n) is 9.53. The van der Waals surface area contributed by atoms with Crippen LogP contribution in [-0.2, 0) is 0 Å². The molecule has 2 N–H and O–H groups in total. The lowest BCUT2D eigenvalue weighted by Gasteiger charge is -2.26. The number of hydrogen-bond donors (Lipinski definition) is 2. The minimum atomic E-state index is -0.513. The van der Waals surface area contributed by atoms with E-state index in [9.17, 15) is 14.3 Å². The molecular formula is C13H16FNO2. The van der Waals surface area contributed by atoms with Crippen molar-refractivity contribution in [3.05, 3.63) is 35.6 Å². The lowest BCUT2D eigenvalue weighted by molar-refractivity contribution is 0.0846. The molecule has 1 fully saturated rings. The van der Waals surface area contributed by atoms with E-state index in [-0.39, 0.29) is 17.7 Å². The van der Waals surface area contributed by atoms with Crippen LogP contribution in [0.2, 0.25) is 0 Å². The van der Waals surface area contributed by atoms with Crippen molar-refractivity contribution in [3.8, 4) is 0 Å². The van der Waals surface area contributed by atoms with E-state index in [1.165, 1.54) is 12.1 Å². The predicted molar refractivity (Wildman–Crippen MR) is 62.1 cm³/mol. The van der Waals surface area contributed by atoms with Crippen LogP contribution in [0.25, 0.3) is 0 Å². The van der Waals surface area contributed by atoms with E-state index in [0.29, 0.717) is 6.42 Å². The van der Waals surface area contributed by atoms with Gasteiger partial charge in [-0.15, -0.1) is 0 Å². The Labute approximate surface area is 99.7 Å². The molecule has 0 aliphatic heterocycles. The third kappa shape index (κ3) is 3.03. The summed E-state index contributed by atoms with van der Waals surface area (Å²) in [5, 5.41) is 12.3. The van der Waals surface area contributed by atoms with Crippen molar-refractivity contribution >= 4 is 5.91 Å². The van der Waals surface area contributed by atoms with Gasteiger partial charge in [-0.3, -0.25) is 4.79 Å². The van der Waals surface area contributed by atoms with Crippen LogP contribution in [0.3, 0.4) is 0 Å². The molecule has 0 spiro atoms. The molecule has 2 atom stereocenters. The summed E-state index contributed by atoms with van der Waals surface area (Å²) in [4.78, 5) is 11.8. The summed E-state index contributed by atoms with van der Waals surface area (Å²) < 4.78 is 13.4. The highest BCUT2D eigenvalue weighted by atomic mass is 19.1. The highest BCUT2D eigenvalue weighted by Crippen LogP contribution is 2.19. The average Bonchev–Trinajstić information content (AvgIpc) is 2.29. The summed E-state index contributed by atoms with van der Waals surface area (Å²) in [5.74, 6) is -0.913. The molecule has 0 saturated heterocycles. The van der Waals surface area contributed by atoms with E-state index in [1.807, 2.05) is 0 Å². The number of hydrogen-bond acceptors (Lipinski definition) is 2. The Morgan fingerprint density at radius 3 is 2.82 bits per heavy atom. The zero-order chi connectivity index (χ0) is 12.3. The lowest BCUT2D eigenvalue weighted by atomic mass is 9.93. The Balaban J connectivity index is 1.99. The first-order chi connectivity index (χ1) is 8.16. The predicted octanol–water partition coefficient (Wildman–Crippen LogP) is 1.86. The molecule has 4 heteroatoms. The fourth-order valence-electron chi connectivity index (χ4n) is 2.20. The first-order valence-corrected chi connectivity index (χ1v) is 5.90. The maximum atomic E-state index is 13.4. The van der Waals surface area contributed by atoms with Gasteiger partial charge in [-0.1, -0.05) is 12.1 Å². The summed E-state index contributed by atoms with van der Waals surface area (Å²) >= 11 is 0. The van der Waals surface area contributed by atoms with Crippen LogP contribution in [0.15, 0.2) is 24.3 Å². The molecule has 0 aromatic heterocycles. The van der Waals surface area contributed by atoms with Gasteiger partial charge < -0.3 is 10.4 Å². The quantitative estimate of drug-likeness (QED) is 0.824. The molecule has 3 nitrogen and oxygen atoms in total. The monoisotopic (exact) mass is 237 g/mol. The van der Waals surface area contributed by atoms with E-state index in [0.717, 1.165) is 19.3 Å². The highest BCUT2D eigenvalue weighted by Gasteiger charge is 2.22. The molecule has 2 unspecified atom stereocenters. The molecule has 17 heavy (non-hydrogen) atoms. The van der Waals surface area contributed by atoms with Crippen molar-refractivity contribution in [2.45, 2.75) is 37.8 Å². The topological polar surface area (TPSA) is 49.3 Å². The van der Waals surface area contributed by atoms with Crippen molar-refractivity contribution in [2.24, 2.45) is 0 Å². The van der Waals surface area contributed by atoms with Crippen molar-refractivity contribution < 1.29 is 14.3 Å². The standard InChI is InChI=1S/C13H16FNO2/c14-12-7-2-1-6-11(12)13(17)15-9-4-3-5-10(16)8-9/h1-2,6-7,9-10,16H,3-5,8H2,(H,15,17). The first-order valence-electron chi connectivity index (χ1n) is 5.90. The number of benzene rings is 1. The van der Waals surface area contributed by atoms with Gasteiger partial charge in [0.2, 0.25) is 0 Å². The molecule has 1 amide bonds. The lowest BCUT2D eigenvalue weighted by Crippen LogP contribution is -2.40. The third-order valence-electron chi connectivity index (χ3n) is 3.10. The van der Waals surface area contributed by atoms with Gasteiger partial charge >= 0.3 is 0 Å². The Morgan fingerprint density at radius 1 is 1.35 bits per heavy atom. The molecule has 1 aromatic rings. The molecule has 0 heterocycles. The molecule has 92 valence electrons. The molecular weight excluding hydrogens is 221 g/mol. The molecule has 0 radical (unpaired) electrons. The van der Waals surface area contributed by atoms with E-state index >= 15 is 0 Å². The molecule has 1 saturated carbocycles. The van der Waals surface area contributed by atoms with E-state index in [1.54, 1.807) is 12.1 Å². The minimum absolute atomic E-state index is 0.0501. The van der Waals surface area contributed by atoms with Crippen molar-refractivity contribution in [1.29, 1.82) is 0 Å². The van der Waals surface area contributed by atoms with Crippen molar-refractivity contribution in [2.75, 3.05) is 0 Å². The van der Waals surface area contributed by atoms with E-state index < -0.39 is 11.7 Å². The van der Waals surface area contributed by atoms with Gasteiger partial charge in [0.25, 0.3) is 5.91 Å². The number of nitrogens with one attached hydrogen (secondary N) is 1. The number of aliphatic hydroxyl groups is 1. The van der Waals surface area contributed by atoms with Gasteiger partial charge in [0.1, 0.15) is 5.82 Å². The number of halogens is 1. The molecule has 1 aliphatic carbocycles. The fourth-order valence-corrected chi connectivity index (χ4v) is 2.20. The Bertz CT molecular complexity index is 408. The Morgan fingerprint density at radius 2 is 2.12 bits per heavy atom. The Kier molecular flexibility index (Phi) is 3.74. The SMILES string of the molecule is O=C(NC1CCCC(O)C1)c1ccccc1F. The molecule has 1 aromatic carbocycles. The van der Waals surface area contributed by atoms with Gasteiger partial charge in [-0.25, -0.2) is 4.39 Å². The maximum Gasteiger partial charge on any atom is 0.254 e. The number of carbonyl (C=O) groups is 1. The first kappa shape index (κ1) is 12.0. The van der Waals surface area contributed by atoms with E-state index in [4.69, 9.17) is 0 Å². The number of amides is 1. The second-order valence-corrected chi connectivity index (χ2v) is 4.47. The van der Waals surface area contributed by atoms with Crippen LogP contribution in [0, 0.1) is 5.82 Å². The summed E-state index contributed by atoms with van der Waals surface area (Å²) in [7, 11) is 0. The zero-order valence-corrected chi connectivity index (χ0v) is 9.53. The molecule has 0 bridgehead atoms. The Hall–Kier alpha value is -1.42. The van der Waals surface area contributed by atoms with Crippen molar-refractivity contribution in [3.63, 3.8) is 0 Å². The van der Waals surface area contributed by atoms with Gasteiger partial charge in [0.05, 0.1) is 11.7 Å². The largest absolute Gasteiger partial charge is 0.393 e. The summed E-state index contributed by atoms with van der Waals surface area (Å²) in [6, 6.07) is 5.87. The smallest absolute Gasteiger partial charge is 0.254 e. The second-order valence-electron chi connectivity index (χ2n) is 4.47. The van der Waals surface area contributed by atoms with Crippen molar-refractivity contribution in [1.82, 2.24) is 5.32 Å². The third-order valence-corrected chi connectivity index (χ3v) is 3.10. The number of rotatable bonds is 2. The summed E-state index contributed by atoms with van der Waals surface area (Å²) in [6.45, 7) is 0. The maximum absolute atomic E-state index is 13.4. The van der Waals surface area contributed by atoms with Gasteiger partial charge in [0, 0.05) is 6.04 Å². The highest BCUT2D eigenvalue weighted by molar-refractivity contribution is 5.94. The van der Waals surface area contributed by atoms with Crippen LogP contribution >= 0.6 is 0 Å². The van der Waals surface area contributed by atoms with Gasteiger partial charge in [-0.05, 0) is 37.8 Å². The van der Waals surface area contributed by atoms with Crippen LogP contribution in [0.4, 0.5) is 4.39 Å². The van der Waals surface area contributed by atoms with Crippen LogP contribution in [-0.4, -0.2) is 23.2 Å². The summed E-state index contributed by atoms with van der Waals surface area (Å²) in [5.41, 5.74) is 0.0626. The second kappa shape index (κ2) is 5.27. The number of aliphatic hydroxyl groups excluding tert-OH is 1. The summed E-state index contributed by atoms with van der Waals surface area (Å²) in [6.07, 6.45) is 2.72. The van der Waals surface area contributed by atoms with Crippen LogP contribution in [0.5, 0.6) is 0 Å². The van der Waals surface area contributed by atoms with Gasteiger partial charge in [-0.2, -0.15) is 0 Å². The fraction of sp³-hybridized carbons (Fsp3) is 0.462.